The molecule has 0 spiro atoms. The molecule has 0 fully saturated rings. The zero-order chi connectivity index (χ0) is 83.8. The van der Waals surface area contributed by atoms with Gasteiger partial charge in [0.25, 0.3) is 0 Å². The molecule has 12 aromatic carbocycles. The van der Waals surface area contributed by atoms with Crippen LogP contribution in [0.25, 0.3) is 21.5 Å². The van der Waals surface area contributed by atoms with E-state index in [0.717, 1.165) is 90.7 Å². The predicted octanol–water partition coefficient (Wildman–Crippen LogP) is 22.6. The summed E-state index contributed by atoms with van der Waals surface area (Å²) in [6.07, 6.45) is 1.83. The van der Waals surface area contributed by atoms with E-state index in [2.05, 4.69) is 118 Å². The van der Waals surface area contributed by atoms with Gasteiger partial charge in [-0.15, -0.1) is 0 Å². The van der Waals surface area contributed by atoms with Crippen molar-refractivity contribution in [3.05, 3.63) is 330 Å². The fourth-order valence-corrected chi connectivity index (χ4v) is 15.3. The molecule has 0 heterocycles. The first-order chi connectivity index (χ1) is 55.1. The zero-order valence-electron chi connectivity index (χ0n) is 68.9. The number of rotatable bonds is 24. The molecule has 0 radical (unpaired) electrons. The number of esters is 6. The molecule has 592 valence electrons. The summed E-state index contributed by atoms with van der Waals surface area (Å²) >= 11 is 0. The van der Waals surface area contributed by atoms with Crippen LogP contribution < -0.4 is 37.9 Å². The molecular formula is C100H96O16. The second kappa shape index (κ2) is 35.5. The number of ketones is 2. The number of benzene rings is 12. The molecule has 0 aromatic heterocycles. The molecule has 16 nitrogen and oxygen atoms in total. The first kappa shape index (κ1) is 83.8. The Hall–Kier alpha value is -13.1. The Labute approximate surface area is 677 Å². The fourth-order valence-electron chi connectivity index (χ4n) is 15.3. The van der Waals surface area contributed by atoms with E-state index in [0.29, 0.717) is 62.3 Å². The number of hydrogen-bond donors (Lipinski definition) is 0. The number of aryl methyl sites for hydroxylation is 8. The van der Waals surface area contributed by atoms with Gasteiger partial charge in [-0.3, -0.25) is 9.59 Å². The smallest absolute Gasteiger partial charge is 0.343 e. The Morgan fingerprint density at radius 2 is 0.500 bits per heavy atom. The molecule has 0 N–H and O–H groups in total. The van der Waals surface area contributed by atoms with Gasteiger partial charge in [0, 0.05) is 22.0 Å². The van der Waals surface area contributed by atoms with Crippen molar-refractivity contribution in [3.63, 3.8) is 0 Å². The summed E-state index contributed by atoms with van der Waals surface area (Å²) in [5.41, 5.74) is 14.2. The first-order valence-electron chi connectivity index (χ1n) is 38.5. The number of methoxy groups -OCH3 is 2. The fraction of sp³-hybridized carbons (Fsp3) is 0.240. The van der Waals surface area contributed by atoms with E-state index in [-0.39, 0.29) is 61.7 Å². The summed E-state index contributed by atoms with van der Waals surface area (Å²) in [6, 6.07) is 62.8. The minimum Gasteiger partial charge on any atom is -0.496 e. The third-order valence-corrected chi connectivity index (χ3v) is 21.0. The monoisotopic (exact) mass is 1550 g/mol. The van der Waals surface area contributed by atoms with Crippen LogP contribution in [0.5, 0.6) is 46.0 Å². The highest BCUT2D eigenvalue weighted by molar-refractivity contribution is 6.01. The minimum absolute atomic E-state index is 0.0969. The topological polar surface area (TPSA) is 210 Å². The van der Waals surface area contributed by atoms with Gasteiger partial charge in [0.05, 0.1) is 47.6 Å². The van der Waals surface area contributed by atoms with Crippen molar-refractivity contribution in [1.82, 2.24) is 0 Å². The highest BCUT2D eigenvalue weighted by atomic mass is 16.6. The predicted molar refractivity (Wildman–Crippen MR) is 452 cm³/mol. The van der Waals surface area contributed by atoms with Crippen LogP contribution in [-0.4, -0.2) is 61.6 Å². The molecule has 0 saturated heterocycles. The van der Waals surface area contributed by atoms with Gasteiger partial charge in [-0.1, -0.05) is 145 Å². The van der Waals surface area contributed by atoms with E-state index >= 15 is 0 Å². The van der Waals surface area contributed by atoms with Gasteiger partial charge < -0.3 is 37.9 Å². The van der Waals surface area contributed by atoms with E-state index < -0.39 is 35.8 Å². The second-order valence-electron chi connectivity index (χ2n) is 31.1. The highest BCUT2D eigenvalue weighted by Gasteiger charge is 2.35. The Bertz CT molecular complexity index is 5750. The number of Topliss-reactive ketones (excluding diaryl/α,β-unsaturated/α-hetero) is 2. The lowest BCUT2D eigenvalue weighted by atomic mass is 9.70. The Morgan fingerprint density at radius 3 is 0.767 bits per heavy atom. The molecule has 0 amide bonds. The van der Waals surface area contributed by atoms with E-state index in [1.54, 1.807) is 160 Å². The van der Waals surface area contributed by atoms with Gasteiger partial charge in [-0.2, -0.15) is 0 Å². The Balaban J connectivity index is 0.000000228. The first-order valence-corrected chi connectivity index (χ1v) is 38.5. The maximum atomic E-state index is 13.6. The lowest BCUT2D eigenvalue weighted by molar-refractivity contribution is 0.0718. The number of hydrogen-bond acceptors (Lipinski definition) is 16. The summed E-state index contributed by atoms with van der Waals surface area (Å²) in [7, 11) is 3.40. The standard InChI is InChI=1S/2C50H48O8/c1-29(2)28-50(8,41-21-30(3)45(55-9)31(4)22-41)42-23-32(5)46(33(6)24-42)58-48(53)37-15-13-36(14-16-37)47(52)56-43-19-17-35-18-20-44(27-40(35)26-43)57-49(54)39-12-10-11-38(25-39)34(7)51;1-29(2)28-50(8,41-21-30(3)45(55-9)31(4)22-41)42-23-32(5)46(33(6)24-42)58-49(54)39-12-10-11-38(25-39)48(53)57-44-20-18-36-17-19-43(26-40(36)27-44)56-47(52)37-15-13-35(14-16-37)34(7)51/h2*10-27,29H,28H2,1-9H3. The second-order valence-corrected chi connectivity index (χ2v) is 31.1. The van der Waals surface area contributed by atoms with Crippen LogP contribution in [-0.2, 0) is 10.8 Å². The van der Waals surface area contributed by atoms with Crippen LogP contribution in [0.2, 0.25) is 0 Å². The molecule has 2 unspecified atom stereocenters. The Kier molecular flexibility index (Phi) is 25.7. The van der Waals surface area contributed by atoms with Crippen LogP contribution in [0.1, 0.15) is 218 Å². The highest BCUT2D eigenvalue weighted by Crippen LogP contribution is 2.45. The normalized spacial score (nSPS) is 12.2. The van der Waals surface area contributed by atoms with Crippen molar-refractivity contribution in [2.75, 3.05) is 14.2 Å². The number of fused-ring (bicyclic) bond motifs is 2. The summed E-state index contributed by atoms with van der Waals surface area (Å²) in [4.78, 5) is 102. The van der Waals surface area contributed by atoms with Crippen molar-refractivity contribution in [1.29, 1.82) is 0 Å². The van der Waals surface area contributed by atoms with Gasteiger partial charge >= 0.3 is 35.8 Å². The molecule has 0 saturated carbocycles. The average Bonchev–Trinajstić information content (AvgIpc) is 0.764. The van der Waals surface area contributed by atoms with Crippen LogP contribution in [0.15, 0.2) is 218 Å². The minimum atomic E-state index is -0.657. The average molecular weight is 1550 g/mol. The van der Waals surface area contributed by atoms with Crippen molar-refractivity contribution >= 4 is 68.9 Å². The van der Waals surface area contributed by atoms with Gasteiger partial charge in [0.1, 0.15) is 46.0 Å². The summed E-state index contributed by atoms with van der Waals surface area (Å²) in [5, 5.41) is 3.04. The van der Waals surface area contributed by atoms with Crippen molar-refractivity contribution in [2.24, 2.45) is 11.8 Å². The largest absolute Gasteiger partial charge is 0.496 e. The summed E-state index contributed by atoms with van der Waals surface area (Å²) in [6.45, 7) is 32.4. The molecule has 16 heteroatoms. The molecule has 0 bridgehead atoms. The van der Waals surface area contributed by atoms with Crippen molar-refractivity contribution in [2.45, 2.75) is 134 Å². The number of ether oxygens (including phenoxy) is 8. The SMILES string of the molecule is COc1c(C)cc(C(C)(CC(C)C)c2cc(C)c(OC(=O)c3ccc(C(=O)Oc4ccc5ccc(OC(=O)c6cccc(C(C)=O)c6)cc5c4)cc3)c(C)c2)cc1C.COc1c(C)cc(C(C)(CC(C)C)c2cc(C)c(OC(=O)c3cccc(C(=O)Oc4ccc5ccc(OC(=O)c6ccc(C(C)=O)cc6)cc5c4)c3)c(C)c2)cc1C. The van der Waals surface area contributed by atoms with Crippen molar-refractivity contribution < 1.29 is 76.3 Å². The van der Waals surface area contributed by atoms with Gasteiger partial charge in [-0.05, 0) is 297 Å². The van der Waals surface area contributed by atoms with E-state index in [1.165, 1.54) is 49.2 Å². The molecule has 12 aromatic rings. The molecule has 12 rings (SSSR count). The molecule has 0 aliphatic carbocycles. The molecule has 2 atom stereocenters. The van der Waals surface area contributed by atoms with Gasteiger partial charge in [0.15, 0.2) is 11.6 Å². The third kappa shape index (κ3) is 19.2. The van der Waals surface area contributed by atoms with E-state index in [9.17, 15) is 38.4 Å². The molecule has 0 aliphatic rings. The van der Waals surface area contributed by atoms with E-state index in [4.69, 9.17) is 37.9 Å². The quantitative estimate of drug-likeness (QED) is 0.0313. The maximum absolute atomic E-state index is 13.6. The van der Waals surface area contributed by atoms with Crippen LogP contribution >= 0.6 is 0 Å². The van der Waals surface area contributed by atoms with Crippen LogP contribution in [0.3, 0.4) is 0 Å². The lowest BCUT2D eigenvalue weighted by Gasteiger charge is -2.34. The Morgan fingerprint density at radius 1 is 0.267 bits per heavy atom. The molecule has 116 heavy (non-hydrogen) atoms. The number of carbonyl (C=O) groups excluding carboxylic acids is 8. The van der Waals surface area contributed by atoms with Crippen LogP contribution in [0.4, 0.5) is 0 Å². The van der Waals surface area contributed by atoms with Gasteiger partial charge in [0.2, 0.25) is 0 Å². The van der Waals surface area contributed by atoms with Crippen LogP contribution in [0, 0.1) is 67.2 Å². The molecular weight excluding hydrogens is 1460 g/mol. The third-order valence-electron chi connectivity index (χ3n) is 21.0. The lowest BCUT2D eigenvalue weighted by Crippen LogP contribution is -2.27. The summed E-state index contributed by atoms with van der Waals surface area (Å²) in [5.74, 6) is 0.937. The van der Waals surface area contributed by atoms with Gasteiger partial charge in [-0.25, -0.2) is 28.8 Å². The number of carbonyl (C=O) groups is 8. The molecule has 0 aliphatic heterocycles. The maximum Gasteiger partial charge on any atom is 0.343 e. The zero-order valence-corrected chi connectivity index (χ0v) is 68.9. The van der Waals surface area contributed by atoms with Crippen molar-refractivity contribution in [3.8, 4) is 46.0 Å². The summed E-state index contributed by atoms with van der Waals surface area (Å²) < 4.78 is 45.9. The van der Waals surface area contributed by atoms with E-state index in [1.807, 2.05) is 27.7 Å².